The van der Waals surface area contributed by atoms with E-state index in [1.54, 1.807) is 0 Å². The molecule has 156 valence electrons. The van der Waals surface area contributed by atoms with Gasteiger partial charge in [-0.1, -0.05) is 0 Å². The van der Waals surface area contributed by atoms with Crippen molar-refractivity contribution in [2.24, 2.45) is 11.8 Å². The maximum absolute atomic E-state index is 13.6. The standard InChI is InChI=1S/C21H29N5O2S/c1-14-5-6-22-21(23-14)25-12-15-11-16(13-25)19(20(28)24-7-9-29-10-8-24)26-17(15)3-2-4-18(26)27/h5-6,15-17,19H,2-4,7-13H2,1H3/t15-,16+,17-,19+/m0/s1. The van der Waals surface area contributed by atoms with Crippen LogP contribution < -0.4 is 4.90 Å². The Morgan fingerprint density at radius 2 is 2.00 bits per heavy atom. The first-order valence-corrected chi connectivity index (χ1v) is 12.0. The Bertz CT molecular complexity index is 799. The van der Waals surface area contributed by atoms with Crippen LogP contribution in [0.25, 0.3) is 0 Å². The largest absolute Gasteiger partial charge is 0.340 e. The van der Waals surface area contributed by atoms with Gasteiger partial charge in [-0.2, -0.15) is 11.8 Å². The molecule has 1 aromatic rings. The van der Waals surface area contributed by atoms with Crippen molar-refractivity contribution >= 4 is 29.5 Å². The summed E-state index contributed by atoms with van der Waals surface area (Å²) in [5.74, 6) is 3.64. The van der Waals surface area contributed by atoms with Crippen LogP contribution in [0.15, 0.2) is 12.3 Å². The number of thioether (sulfide) groups is 1. The molecule has 8 heteroatoms. The predicted molar refractivity (Wildman–Crippen MR) is 113 cm³/mol. The minimum absolute atomic E-state index is 0.151. The van der Waals surface area contributed by atoms with Crippen LogP contribution in [0, 0.1) is 18.8 Å². The van der Waals surface area contributed by atoms with E-state index in [-0.39, 0.29) is 29.8 Å². The number of amides is 2. The molecule has 0 unspecified atom stereocenters. The lowest BCUT2D eigenvalue weighted by atomic mass is 9.71. The highest BCUT2D eigenvalue weighted by molar-refractivity contribution is 7.99. The molecule has 7 nitrogen and oxygen atoms in total. The van der Waals surface area contributed by atoms with E-state index in [1.807, 2.05) is 40.7 Å². The van der Waals surface area contributed by atoms with Gasteiger partial charge >= 0.3 is 0 Å². The molecule has 4 aliphatic heterocycles. The van der Waals surface area contributed by atoms with Crippen LogP contribution in [-0.4, -0.2) is 81.4 Å². The molecule has 5 rings (SSSR count). The highest BCUT2D eigenvalue weighted by atomic mass is 32.2. The maximum atomic E-state index is 13.6. The number of carbonyl (C=O) groups excluding carboxylic acids is 2. The van der Waals surface area contributed by atoms with E-state index < -0.39 is 0 Å². The van der Waals surface area contributed by atoms with E-state index >= 15 is 0 Å². The van der Waals surface area contributed by atoms with Crippen LogP contribution >= 0.6 is 11.8 Å². The Labute approximate surface area is 176 Å². The van der Waals surface area contributed by atoms with E-state index in [1.165, 1.54) is 0 Å². The minimum Gasteiger partial charge on any atom is -0.340 e. The summed E-state index contributed by atoms with van der Waals surface area (Å²) in [5, 5.41) is 0. The molecule has 0 aromatic carbocycles. The van der Waals surface area contributed by atoms with Crippen LogP contribution in [0.3, 0.4) is 0 Å². The summed E-state index contributed by atoms with van der Waals surface area (Å²) in [6, 6.07) is 1.77. The predicted octanol–water partition coefficient (Wildman–Crippen LogP) is 1.57. The van der Waals surface area contributed by atoms with Crippen molar-refractivity contribution in [1.82, 2.24) is 19.8 Å². The van der Waals surface area contributed by atoms with Crippen LogP contribution in [-0.2, 0) is 9.59 Å². The first kappa shape index (κ1) is 19.2. The Kier molecular flexibility index (Phi) is 5.14. The number of piperidine rings is 3. The van der Waals surface area contributed by atoms with Crippen LogP contribution in [0.4, 0.5) is 5.95 Å². The number of fused-ring (bicyclic) bond motifs is 4. The third-order valence-corrected chi connectivity index (χ3v) is 7.92. The highest BCUT2D eigenvalue weighted by Gasteiger charge is 2.53. The van der Waals surface area contributed by atoms with Gasteiger partial charge in [-0.15, -0.1) is 0 Å². The number of carbonyl (C=O) groups is 2. The SMILES string of the molecule is Cc1ccnc(N2C[C@@H]3C[C@H](C2)[C@H](C(=O)N2CCSCC2)N2C(=O)CCC[C@@H]32)n1. The summed E-state index contributed by atoms with van der Waals surface area (Å²) in [5.41, 5.74) is 0.957. The number of aryl methyl sites for hydroxylation is 1. The second-order valence-electron chi connectivity index (χ2n) is 8.80. The molecular formula is C21H29N5O2S. The van der Waals surface area contributed by atoms with E-state index in [0.29, 0.717) is 12.3 Å². The Morgan fingerprint density at radius 1 is 1.21 bits per heavy atom. The van der Waals surface area contributed by atoms with Gasteiger partial charge in [-0.25, -0.2) is 9.97 Å². The molecule has 0 radical (unpaired) electrons. The van der Waals surface area contributed by atoms with E-state index in [2.05, 4.69) is 14.9 Å². The van der Waals surface area contributed by atoms with E-state index in [0.717, 1.165) is 68.6 Å². The van der Waals surface area contributed by atoms with Crippen LogP contribution in [0.5, 0.6) is 0 Å². The van der Waals surface area contributed by atoms with Gasteiger partial charge < -0.3 is 14.7 Å². The van der Waals surface area contributed by atoms with Gasteiger partial charge in [0.05, 0.1) is 0 Å². The molecule has 4 saturated heterocycles. The summed E-state index contributed by atoms with van der Waals surface area (Å²) in [6.07, 6.45) is 5.36. The molecule has 5 heterocycles. The third-order valence-electron chi connectivity index (χ3n) is 6.98. The van der Waals surface area contributed by atoms with E-state index in [9.17, 15) is 9.59 Å². The van der Waals surface area contributed by atoms with Gasteiger partial charge in [0.2, 0.25) is 17.8 Å². The monoisotopic (exact) mass is 415 g/mol. The Morgan fingerprint density at radius 3 is 2.79 bits per heavy atom. The molecule has 0 N–H and O–H groups in total. The smallest absolute Gasteiger partial charge is 0.245 e. The molecule has 0 saturated carbocycles. The quantitative estimate of drug-likeness (QED) is 0.730. The van der Waals surface area contributed by atoms with Crippen molar-refractivity contribution in [1.29, 1.82) is 0 Å². The molecular weight excluding hydrogens is 386 g/mol. The number of aromatic nitrogens is 2. The fourth-order valence-electron chi connectivity index (χ4n) is 5.70. The van der Waals surface area contributed by atoms with Gasteiger partial charge in [0, 0.05) is 68.0 Å². The average Bonchev–Trinajstić information content (AvgIpc) is 2.75. The van der Waals surface area contributed by atoms with Crippen LogP contribution in [0.2, 0.25) is 0 Å². The van der Waals surface area contributed by atoms with Gasteiger partial charge in [0.25, 0.3) is 0 Å². The van der Waals surface area contributed by atoms with E-state index in [4.69, 9.17) is 0 Å². The molecule has 0 aliphatic carbocycles. The minimum atomic E-state index is -0.320. The van der Waals surface area contributed by atoms with Crippen LogP contribution in [0.1, 0.15) is 31.4 Å². The number of anilines is 1. The molecule has 4 aliphatic rings. The number of hydrogen-bond donors (Lipinski definition) is 0. The number of hydrogen-bond acceptors (Lipinski definition) is 6. The third kappa shape index (κ3) is 3.49. The second-order valence-corrected chi connectivity index (χ2v) is 10.0. The number of nitrogens with zero attached hydrogens (tertiary/aromatic N) is 5. The molecule has 2 bridgehead atoms. The second kappa shape index (κ2) is 7.78. The number of rotatable bonds is 2. The molecule has 29 heavy (non-hydrogen) atoms. The summed E-state index contributed by atoms with van der Waals surface area (Å²) < 4.78 is 0. The van der Waals surface area contributed by atoms with Crippen molar-refractivity contribution in [3.05, 3.63) is 18.0 Å². The van der Waals surface area contributed by atoms with Crippen molar-refractivity contribution in [2.75, 3.05) is 42.6 Å². The summed E-state index contributed by atoms with van der Waals surface area (Å²) in [6.45, 7) is 5.20. The summed E-state index contributed by atoms with van der Waals surface area (Å²) >= 11 is 1.90. The summed E-state index contributed by atoms with van der Waals surface area (Å²) in [4.78, 5) is 42.0. The zero-order valence-electron chi connectivity index (χ0n) is 17.0. The molecule has 1 aromatic heterocycles. The van der Waals surface area contributed by atoms with Gasteiger partial charge in [-0.3, -0.25) is 9.59 Å². The lowest BCUT2D eigenvalue weighted by Gasteiger charge is -2.56. The first-order chi connectivity index (χ1) is 14.1. The van der Waals surface area contributed by atoms with Gasteiger partial charge in [0.1, 0.15) is 6.04 Å². The summed E-state index contributed by atoms with van der Waals surface area (Å²) in [7, 11) is 0. The van der Waals surface area contributed by atoms with Gasteiger partial charge in [-0.05, 0) is 38.2 Å². The van der Waals surface area contributed by atoms with Crippen molar-refractivity contribution in [3.63, 3.8) is 0 Å². The Balaban J connectivity index is 1.46. The lowest BCUT2D eigenvalue weighted by Crippen LogP contribution is -2.69. The average molecular weight is 416 g/mol. The maximum Gasteiger partial charge on any atom is 0.245 e. The zero-order valence-corrected chi connectivity index (χ0v) is 17.8. The zero-order chi connectivity index (χ0) is 20.0. The molecule has 4 fully saturated rings. The van der Waals surface area contributed by atoms with Crippen molar-refractivity contribution in [3.8, 4) is 0 Å². The molecule has 4 atom stereocenters. The lowest BCUT2D eigenvalue weighted by molar-refractivity contribution is -0.161. The molecule has 2 amide bonds. The van der Waals surface area contributed by atoms with Crippen molar-refractivity contribution in [2.45, 2.75) is 44.7 Å². The topological polar surface area (TPSA) is 69.6 Å². The first-order valence-electron chi connectivity index (χ1n) is 10.8. The highest BCUT2D eigenvalue weighted by Crippen LogP contribution is 2.42. The molecule has 0 spiro atoms. The normalized spacial score (nSPS) is 32.2. The van der Waals surface area contributed by atoms with Crippen molar-refractivity contribution < 1.29 is 9.59 Å². The fraction of sp³-hybridized carbons (Fsp3) is 0.714. The fourth-order valence-corrected chi connectivity index (χ4v) is 6.60. The Hall–Kier alpha value is -1.83. The van der Waals surface area contributed by atoms with Gasteiger partial charge in [0.15, 0.2) is 0 Å².